The van der Waals surface area contributed by atoms with Gasteiger partial charge >= 0.3 is 6.61 Å². The number of nitrogens with one attached hydrogen (secondary N) is 2. The molecule has 0 spiro atoms. The number of ether oxygens (including phenoxy) is 1. The Bertz CT molecular complexity index is 724. The fourth-order valence-electron chi connectivity index (χ4n) is 2.37. The Morgan fingerprint density at radius 3 is 2.64 bits per heavy atom. The van der Waals surface area contributed by atoms with Gasteiger partial charge in [-0.3, -0.25) is 14.7 Å². The molecule has 1 heterocycles. The van der Waals surface area contributed by atoms with E-state index in [1.54, 1.807) is 13.0 Å². The van der Waals surface area contributed by atoms with Crippen LogP contribution < -0.4 is 16.0 Å². The van der Waals surface area contributed by atoms with Gasteiger partial charge in [0.15, 0.2) is 0 Å². The Morgan fingerprint density at radius 2 is 2.09 bits per heavy atom. The average Bonchev–Trinajstić information content (AvgIpc) is 2.75. The predicted octanol–water partition coefficient (Wildman–Crippen LogP) is 1.62. The zero-order valence-corrected chi connectivity index (χ0v) is 11.7. The van der Waals surface area contributed by atoms with Gasteiger partial charge in [0, 0.05) is 23.6 Å². The number of aryl methyl sites for hydroxylation is 1. The monoisotopic (exact) mass is 311 g/mol. The van der Waals surface area contributed by atoms with Crippen molar-refractivity contribution in [2.24, 2.45) is 5.73 Å². The Labute approximate surface area is 124 Å². The molecule has 6 nitrogen and oxygen atoms in total. The zero-order valence-electron chi connectivity index (χ0n) is 11.7. The van der Waals surface area contributed by atoms with Crippen LogP contribution in [0.15, 0.2) is 29.1 Å². The zero-order chi connectivity index (χ0) is 16.3. The second-order valence-electron chi connectivity index (χ2n) is 4.79. The van der Waals surface area contributed by atoms with E-state index in [0.29, 0.717) is 16.8 Å². The molecule has 1 aromatic carbocycles. The van der Waals surface area contributed by atoms with Gasteiger partial charge in [0.2, 0.25) is 5.91 Å². The molecule has 2 aromatic rings. The number of rotatable bonds is 6. The number of alkyl halides is 2. The highest BCUT2D eigenvalue weighted by Gasteiger charge is 2.23. The van der Waals surface area contributed by atoms with Crippen molar-refractivity contribution in [2.75, 3.05) is 0 Å². The first kappa shape index (κ1) is 15.7. The van der Waals surface area contributed by atoms with E-state index < -0.39 is 18.4 Å². The lowest BCUT2D eigenvalue weighted by Gasteiger charge is -2.16. The average molecular weight is 311 g/mol. The Balaban J connectivity index is 2.46. The summed E-state index contributed by atoms with van der Waals surface area (Å²) in [4.78, 5) is 23.2. The number of nitrogens with two attached hydrogens (primary N) is 1. The van der Waals surface area contributed by atoms with E-state index in [-0.39, 0.29) is 17.7 Å². The molecule has 0 saturated heterocycles. The van der Waals surface area contributed by atoms with E-state index in [1.165, 1.54) is 18.2 Å². The highest BCUT2D eigenvalue weighted by molar-refractivity contribution is 5.75. The van der Waals surface area contributed by atoms with Crippen molar-refractivity contribution in [3.63, 3.8) is 0 Å². The second kappa shape index (κ2) is 6.42. The number of aromatic nitrogens is 2. The van der Waals surface area contributed by atoms with Crippen LogP contribution in [0.5, 0.6) is 5.75 Å². The van der Waals surface area contributed by atoms with Gasteiger partial charge in [0.25, 0.3) is 5.56 Å². The van der Waals surface area contributed by atoms with Crippen LogP contribution in [0.2, 0.25) is 0 Å². The van der Waals surface area contributed by atoms with Gasteiger partial charge in [-0.2, -0.15) is 8.78 Å². The number of amides is 1. The van der Waals surface area contributed by atoms with E-state index in [0.717, 1.165) is 0 Å². The van der Waals surface area contributed by atoms with Crippen LogP contribution in [0.1, 0.15) is 29.2 Å². The minimum atomic E-state index is -2.96. The fourth-order valence-corrected chi connectivity index (χ4v) is 2.37. The maximum atomic E-state index is 12.3. The van der Waals surface area contributed by atoms with E-state index >= 15 is 0 Å². The van der Waals surface area contributed by atoms with Crippen molar-refractivity contribution in [3.8, 4) is 5.75 Å². The number of primary amides is 1. The molecular weight excluding hydrogens is 296 g/mol. The summed E-state index contributed by atoms with van der Waals surface area (Å²) in [6.07, 6.45) is -0.125. The van der Waals surface area contributed by atoms with Crippen LogP contribution in [-0.2, 0) is 4.79 Å². The molecule has 0 aliphatic rings. The van der Waals surface area contributed by atoms with E-state index in [2.05, 4.69) is 14.9 Å². The minimum Gasteiger partial charge on any atom is -0.435 e. The fraction of sp³-hybridized carbons (Fsp3) is 0.286. The topological polar surface area (TPSA) is 101 Å². The molecule has 22 heavy (non-hydrogen) atoms. The summed E-state index contributed by atoms with van der Waals surface area (Å²) in [5, 5.41) is 5.09. The number of carbonyl (C=O) groups is 1. The van der Waals surface area contributed by atoms with Gasteiger partial charge in [0.05, 0.1) is 0 Å². The van der Waals surface area contributed by atoms with E-state index in [1.807, 2.05) is 0 Å². The summed E-state index contributed by atoms with van der Waals surface area (Å²) in [6, 6.07) is 5.87. The molecule has 0 unspecified atom stereocenters. The summed E-state index contributed by atoms with van der Waals surface area (Å²) in [5.74, 6) is -1.30. The van der Waals surface area contributed by atoms with Gasteiger partial charge in [-0.1, -0.05) is 12.1 Å². The standard InChI is InChI=1S/C14H15F2N3O3/c1-7-12(13(21)19-18-7)10(6-11(17)20)8-3-2-4-9(5-8)22-14(15)16/h2-5,10,14H,6H2,1H3,(H2,17,20)(H2,18,19,21)/t10-/m1/s1. The first-order valence-corrected chi connectivity index (χ1v) is 6.48. The minimum absolute atomic E-state index is 0.0495. The highest BCUT2D eigenvalue weighted by Crippen LogP contribution is 2.30. The van der Waals surface area contributed by atoms with Crippen LogP contribution in [-0.4, -0.2) is 22.7 Å². The lowest BCUT2D eigenvalue weighted by Crippen LogP contribution is -2.20. The summed E-state index contributed by atoms with van der Waals surface area (Å²) >= 11 is 0. The number of aromatic amines is 2. The molecule has 0 saturated carbocycles. The van der Waals surface area contributed by atoms with Gasteiger partial charge in [-0.25, -0.2) is 0 Å². The molecule has 0 fully saturated rings. The predicted molar refractivity (Wildman–Crippen MR) is 74.9 cm³/mol. The number of hydrogen-bond donors (Lipinski definition) is 3. The number of H-pyrrole nitrogens is 2. The van der Waals surface area contributed by atoms with E-state index in [9.17, 15) is 18.4 Å². The summed E-state index contributed by atoms with van der Waals surface area (Å²) in [5.41, 5.74) is 6.24. The first-order valence-electron chi connectivity index (χ1n) is 6.48. The highest BCUT2D eigenvalue weighted by atomic mass is 19.3. The molecular formula is C14H15F2N3O3. The second-order valence-corrected chi connectivity index (χ2v) is 4.79. The third-order valence-electron chi connectivity index (χ3n) is 3.25. The number of hydrogen-bond acceptors (Lipinski definition) is 3. The maximum absolute atomic E-state index is 12.3. The summed E-state index contributed by atoms with van der Waals surface area (Å²) < 4.78 is 29.0. The van der Waals surface area contributed by atoms with E-state index in [4.69, 9.17) is 5.73 Å². The largest absolute Gasteiger partial charge is 0.435 e. The van der Waals surface area contributed by atoms with Crippen molar-refractivity contribution in [3.05, 3.63) is 51.4 Å². The molecule has 4 N–H and O–H groups in total. The normalized spacial score (nSPS) is 12.4. The number of halogens is 2. The van der Waals surface area contributed by atoms with Crippen molar-refractivity contribution < 1.29 is 18.3 Å². The van der Waals surface area contributed by atoms with Gasteiger partial charge < -0.3 is 15.6 Å². The quantitative estimate of drug-likeness (QED) is 0.755. The SMILES string of the molecule is Cc1[nH][nH]c(=O)c1[C@H](CC(N)=O)c1cccc(OC(F)F)c1. The molecule has 118 valence electrons. The van der Waals surface area contributed by atoms with Gasteiger partial charge in [-0.05, 0) is 24.6 Å². The number of carbonyl (C=O) groups excluding carboxylic acids is 1. The smallest absolute Gasteiger partial charge is 0.387 e. The Morgan fingerprint density at radius 1 is 1.36 bits per heavy atom. The summed E-state index contributed by atoms with van der Waals surface area (Å²) in [7, 11) is 0. The molecule has 8 heteroatoms. The van der Waals surface area contributed by atoms with Crippen molar-refractivity contribution in [2.45, 2.75) is 25.9 Å². The Hall–Kier alpha value is -2.64. The van der Waals surface area contributed by atoms with Gasteiger partial charge in [0.1, 0.15) is 5.75 Å². The number of benzene rings is 1. The maximum Gasteiger partial charge on any atom is 0.387 e. The van der Waals surface area contributed by atoms with Crippen molar-refractivity contribution in [1.82, 2.24) is 10.2 Å². The van der Waals surface area contributed by atoms with Crippen LogP contribution >= 0.6 is 0 Å². The molecule has 0 bridgehead atoms. The third kappa shape index (κ3) is 3.51. The van der Waals surface area contributed by atoms with Crippen LogP contribution in [0.3, 0.4) is 0 Å². The molecule has 0 aliphatic carbocycles. The van der Waals surface area contributed by atoms with Crippen LogP contribution in [0.25, 0.3) is 0 Å². The third-order valence-corrected chi connectivity index (χ3v) is 3.25. The molecule has 0 radical (unpaired) electrons. The van der Waals surface area contributed by atoms with Crippen LogP contribution in [0, 0.1) is 6.92 Å². The molecule has 1 amide bonds. The Kier molecular flexibility index (Phi) is 4.59. The lowest BCUT2D eigenvalue weighted by molar-refractivity contribution is -0.118. The van der Waals surface area contributed by atoms with Crippen molar-refractivity contribution >= 4 is 5.91 Å². The van der Waals surface area contributed by atoms with Gasteiger partial charge in [-0.15, -0.1) is 0 Å². The molecule has 1 atom stereocenters. The summed E-state index contributed by atoms with van der Waals surface area (Å²) in [6.45, 7) is -1.29. The molecule has 1 aromatic heterocycles. The molecule has 0 aliphatic heterocycles. The molecule has 2 rings (SSSR count). The van der Waals surface area contributed by atoms with Crippen molar-refractivity contribution in [1.29, 1.82) is 0 Å². The van der Waals surface area contributed by atoms with Crippen LogP contribution in [0.4, 0.5) is 8.78 Å². The first-order chi connectivity index (χ1) is 10.4. The lowest BCUT2D eigenvalue weighted by atomic mass is 9.88.